The van der Waals surface area contributed by atoms with Gasteiger partial charge in [-0.15, -0.1) is 11.8 Å². The van der Waals surface area contributed by atoms with Gasteiger partial charge in [0, 0.05) is 10.6 Å². The molecule has 1 atom stereocenters. The Morgan fingerprint density at radius 2 is 1.95 bits per heavy atom. The van der Waals surface area contributed by atoms with Crippen molar-refractivity contribution in [3.8, 4) is 0 Å². The van der Waals surface area contributed by atoms with E-state index in [9.17, 15) is 4.79 Å². The fourth-order valence-electron chi connectivity index (χ4n) is 2.53. The zero-order valence-electron chi connectivity index (χ0n) is 12.0. The summed E-state index contributed by atoms with van der Waals surface area (Å²) in [6.45, 7) is 2.64. The van der Waals surface area contributed by atoms with E-state index in [4.69, 9.17) is 5.73 Å². The molecule has 1 heterocycles. The van der Waals surface area contributed by atoms with Gasteiger partial charge in [-0.2, -0.15) is 0 Å². The first-order chi connectivity index (χ1) is 10.2. The smallest absolute Gasteiger partial charge is 0.240 e. The molecule has 1 aliphatic rings. The second-order valence-corrected chi connectivity index (χ2v) is 6.40. The molecule has 0 aromatic heterocycles. The quantitative estimate of drug-likeness (QED) is 0.879. The third-order valence-corrected chi connectivity index (χ3v) is 5.06. The highest BCUT2D eigenvalue weighted by atomic mass is 32.2. The molecule has 0 saturated carbocycles. The molecule has 21 heavy (non-hydrogen) atoms. The van der Waals surface area contributed by atoms with Crippen molar-refractivity contribution < 1.29 is 4.79 Å². The molecule has 0 aliphatic carbocycles. The Kier molecular flexibility index (Phi) is 3.88. The average molecular weight is 298 g/mol. The average Bonchev–Trinajstić information content (AvgIpc) is 2.51. The molecule has 4 heteroatoms. The first-order valence-corrected chi connectivity index (χ1v) is 7.98. The third kappa shape index (κ3) is 2.76. The van der Waals surface area contributed by atoms with Crippen LogP contribution in [0.5, 0.6) is 0 Å². The second-order valence-electron chi connectivity index (χ2n) is 5.15. The number of nitrogens with two attached hydrogens (primary N) is 1. The Morgan fingerprint density at radius 1 is 1.19 bits per heavy atom. The molecule has 108 valence electrons. The largest absolute Gasteiger partial charge is 0.399 e. The van der Waals surface area contributed by atoms with Crippen molar-refractivity contribution in [1.82, 2.24) is 0 Å². The van der Waals surface area contributed by atoms with E-state index >= 15 is 0 Å². The molecule has 2 aromatic carbocycles. The van der Waals surface area contributed by atoms with Gasteiger partial charge in [0.15, 0.2) is 0 Å². The predicted octanol–water partition coefficient (Wildman–Crippen LogP) is 3.69. The van der Waals surface area contributed by atoms with E-state index in [1.54, 1.807) is 11.8 Å². The van der Waals surface area contributed by atoms with Gasteiger partial charge in [-0.1, -0.05) is 37.3 Å². The minimum absolute atomic E-state index is 0.00941. The van der Waals surface area contributed by atoms with Crippen LogP contribution in [-0.2, 0) is 11.3 Å². The van der Waals surface area contributed by atoms with Crippen LogP contribution < -0.4 is 10.6 Å². The predicted molar refractivity (Wildman–Crippen MR) is 88.4 cm³/mol. The van der Waals surface area contributed by atoms with Crippen molar-refractivity contribution in [2.75, 3.05) is 10.6 Å². The van der Waals surface area contributed by atoms with Crippen molar-refractivity contribution in [2.24, 2.45) is 0 Å². The number of hydrogen-bond acceptors (Lipinski definition) is 3. The number of rotatable bonds is 3. The maximum Gasteiger partial charge on any atom is 0.240 e. The van der Waals surface area contributed by atoms with Gasteiger partial charge in [-0.3, -0.25) is 4.79 Å². The minimum Gasteiger partial charge on any atom is -0.399 e. The summed E-state index contributed by atoms with van der Waals surface area (Å²) in [7, 11) is 0. The molecule has 3 nitrogen and oxygen atoms in total. The fourth-order valence-corrected chi connectivity index (χ4v) is 3.67. The standard InChI is InChI=1S/C17H18N2OS/c1-2-15-17(20)19(11-12-6-4-3-5-7-12)14-10-13(18)8-9-16(14)21-15/h3-10,15H,2,11,18H2,1H3. The van der Waals surface area contributed by atoms with Crippen LogP contribution in [0.2, 0.25) is 0 Å². The lowest BCUT2D eigenvalue weighted by Crippen LogP contribution is -2.40. The molecule has 0 bridgehead atoms. The van der Waals surface area contributed by atoms with Gasteiger partial charge in [-0.05, 0) is 30.2 Å². The summed E-state index contributed by atoms with van der Waals surface area (Å²) >= 11 is 1.64. The zero-order valence-corrected chi connectivity index (χ0v) is 12.8. The lowest BCUT2D eigenvalue weighted by atomic mass is 10.1. The number of fused-ring (bicyclic) bond motifs is 1. The number of anilines is 2. The molecule has 0 radical (unpaired) electrons. The van der Waals surface area contributed by atoms with Crippen molar-refractivity contribution >= 4 is 29.0 Å². The van der Waals surface area contributed by atoms with Crippen molar-refractivity contribution in [2.45, 2.75) is 30.0 Å². The Morgan fingerprint density at radius 3 is 2.67 bits per heavy atom. The number of nitrogen functional groups attached to an aromatic ring is 1. The third-order valence-electron chi connectivity index (χ3n) is 3.64. The summed E-state index contributed by atoms with van der Waals surface area (Å²) in [5.41, 5.74) is 8.65. The highest BCUT2D eigenvalue weighted by Crippen LogP contribution is 2.41. The van der Waals surface area contributed by atoms with Crippen LogP contribution in [0.1, 0.15) is 18.9 Å². The molecule has 0 saturated heterocycles. The van der Waals surface area contributed by atoms with Gasteiger partial charge < -0.3 is 10.6 Å². The van der Waals surface area contributed by atoms with Crippen molar-refractivity contribution in [3.05, 3.63) is 54.1 Å². The number of benzene rings is 2. The maximum absolute atomic E-state index is 12.7. The number of nitrogens with zero attached hydrogens (tertiary/aromatic N) is 1. The van der Waals surface area contributed by atoms with E-state index in [1.807, 2.05) is 53.4 Å². The topological polar surface area (TPSA) is 46.3 Å². The maximum atomic E-state index is 12.7. The first-order valence-electron chi connectivity index (χ1n) is 7.10. The first kappa shape index (κ1) is 14.0. The number of carbonyl (C=O) groups is 1. The molecular formula is C17H18N2OS. The highest BCUT2D eigenvalue weighted by molar-refractivity contribution is 8.01. The normalized spacial score (nSPS) is 17.7. The Hall–Kier alpha value is -1.94. The Labute approximate surface area is 129 Å². The number of hydrogen-bond donors (Lipinski definition) is 1. The number of amides is 1. The van der Waals surface area contributed by atoms with Crippen molar-refractivity contribution in [1.29, 1.82) is 0 Å². The molecule has 2 N–H and O–H groups in total. The van der Waals surface area contributed by atoms with E-state index in [1.165, 1.54) is 0 Å². The van der Waals surface area contributed by atoms with Crippen LogP contribution in [0.4, 0.5) is 11.4 Å². The number of carbonyl (C=O) groups excluding carboxylic acids is 1. The summed E-state index contributed by atoms with van der Waals surface area (Å²) in [6, 6.07) is 15.9. The Balaban J connectivity index is 2.00. The molecular weight excluding hydrogens is 280 g/mol. The zero-order chi connectivity index (χ0) is 14.8. The van der Waals surface area contributed by atoms with Crippen molar-refractivity contribution in [3.63, 3.8) is 0 Å². The van der Waals surface area contributed by atoms with Gasteiger partial charge in [0.05, 0.1) is 17.5 Å². The Bertz CT molecular complexity index is 657. The lowest BCUT2D eigenvalue weighted by molar-refractivity contribution is -0.118. The monoisotopic (exact) mass is 298 g/mol. The lowest BCUT2D eigenvalue weighted by Gasteiger charge is -2.33. The van der Waals surface area contributed by atoms with Crippen LogP contribution >= 0.6 is 11.8 Å². The molecule has 2 aromatic rings. The fraction of sp³-hybridized carbons (Fsp3) is 0.235. The van der Waals surface area contributed by atoms with Gasteiger partial charge >= 0.3 is 0 Å². The second kappa shape index (κ2) is 5.82. The van der Waals surface area contributed by atoms with Crippen LogP contribution in [0, 0.1) is 0 Å². The summed E-state index contributed by atoms with van der Waals surface area (Å²) in [5, 5.41) is -0.00941. The molecule has 1 aliphatic heterocycles. The minimum atomic E-state index is -0.00941. The molecule has 1 amide bonds. The molecule has 1 unspecified atom stereocenters. The van der Waals surface area contributed by atoms with Crippen LogP contribution in [0.15, 0.2) is 53.4 Å². The van der Waals surface area contributed by atoms with E-state index in [2.05, 4.69) is 6.92 Å². The summed E-state index contributed by atoms with van der Waals surface area (Å²) in [4.78, 5) is 15.7. The van der Waals surface area contributed by atoms with E-state index in [0.29, 0.717) is 12.2 Å². The summed E-state index contributed by atoms with van der Waals surface area (Å²) < 4.78 is 0. The van der Waals surface area contributed by atoms with Gasteiger partial charge in [0.25, 0.3) is 0 Å². The van der Waals surface area contributed by atoms with Gasteiger partial charge in [0.2, 0.25) is 5.91 Å². The number of thioether (sulfide) groups is 1. The molecule has 0 spiro atoms. The SMILES string of the molecule is CCC1Sc2ccc(N)cc2N(Cc2ccccc2)C1=O. The van der Waals surface area contributed by atoms with Crippen LogP contribution in [-0.4, -0.2) is 11.2 Å². The van der Waals surface area contributed by atoms with Crippen LogP contribution in [0.3, 0.4) is 0 Å². The van der Waals surface area contributed by atoms with E-state index in [-0.39, 0.29) is 11.2 Å². The molecule has 0 fully saturated rings. The van der Waals surface area contributed by atoms with E-state index in [0.717, 1.165) is 22.6 Å². The summed E-state index contributed by atoms with van der Waals surface area (Å²) in [5.74, 6) is 0.171. The van der Waals surface area contributed by atoms with E-state index < -0.39 is 0 Å². The highest BCUT2D eigenvalue weighted by Gasteiger charge is 2.32. The summed E-state index contributed by atoms with van der Waals surface area (Å²) in [6.07, 6.45) is 0.832. The van der Waals surface area contributed by atoms with Crippen LogP contribution in [0.25, 0.3) is 0 Å². The van der Waals surface area contributed by atoms with Gasteiger partial charge in [-0.25, -0.2) is 0 Å². The van der Waals surface area contributed by atoms with Gasteiger partial charge in [0.1, 0.15) is 0 Å². The molecule has 3 rings (SSSR count).